The van der Waals surface area contributed by atoms with Gasteiger partial charge in [-0.3, -0.25) is 0 Å². The molecule has 0 bridgehead atoms. The normalized spacial score (nSPS) is 8.75. The summed E-state index contributed by atoms with van der Waals surface area (Å²) >= 11 is 0. The number of rotatable bonds is 3. The van der Waals surface area contributed by atoms with Crippen LogP contribution in [0.4, 0.5) is 0 Å². The number of allylic oxidation sites excluding steroid dienone is 1. The zero-order valence-electron chi connectivity index (χ0n) is 9.32. The standard InChI is InChI=1S/C13H12N2O/c1-3-16-13-7-11(5-4-10(13)2)6-12(8-14)9-15/h4-7H,3H2,1-2H3. The molecule has 80 valence electrons. The van der Waals surface area contributed by atoms with Crippen molar-refractivity contribution in [3.05, 3.63) is 34.9 Å². The monoisotopic (exact) mass is 212 g/mol. The first-order valence-corrected chi connectivity index (χ1v) is 4.96. The molecule has 0 spiro atoms. The van der Waals surface area contributed by atoms with Crippen LogP contribution >= 0.6 is 0 Å². The second-order valence-corrected chi connectivity index (χ2v) is 3.24. The van der Waals surface area contributed by atoms with Crippen LogP contribution in [0.5, 0.6) is 5.75 Å². The van der Waals surface area contributed by atoms with E-state index in [1.54, 1.807) is 6.08 Å². The molecule has 3 heteroatoms. The van der Waals surface area contributed by atoms with Crippen molar-refractivity contribution in [1.29, 1.82) is 10.5 Å². The van der Waals surface area contributed by atoms with Crippen LogP contribution in [-0.2, 0) is 0 Å². The molecule has 0 amide bonds. The van der Waals surface area contributed by atoms with Crippen LogP contribution in [0.15, 0.2) is 23.8 Å². The van der Waals surface area contributed by atoms with Gasteiger partial charge in [0.2, 0.25) is 0 Å². The van der Waals surface area contributed by atoms with Gasteiger partial charge in [-0.25, -0.2) is 0 Å². The Morgan fingerprint density at radius 1 is 1.38 bits per heavy atom. The van der Waals surface area contributed by atoms with Crippen LogP contribution < -0.4 is 4.74 Å². The van der Waals surface area contributed by atoms with Gasteiger partial charge in [0.05, 0.1) is 6.61 Å². The van der Waals surface area contributed by atoms with Crippen LogP contribution in [-0.4, -0.2) is 6.61 Å². The first-order chi connectivity index (χ1) is 7.71. The third-order valence-electron chi connectivity index (χ3n) is 2.06. The van der Waals surface area contributed by atoms with E-state index in [1.807, 2.05) is 44.2 Å². The number of aryl methyl sites for hydroxylation is 1. The van der Waals surface area contributed by atoms with Gasteiger partial charge in [0.1, 0.15) is 23.5 Å². The average molecular weight is 212 g/mol. The molecule has 0 radical (unpaired) electrons. The van der Waals surface area contributed by atoms with E-state index in [4.69, 9.17) is 15.3 Å². The lowest BCUT2D eigenvalue weighted by atomic mass is 10.1. The molecule has 0 fully saturated rings. The highest BCUT2D eigenvalue weighted by atomic mass is 16.5. The molecular weight excluding hydrogens is 200 g/mol. The van der Waals surface area contributed by atoms with Crippen molar-refractivity contribution in [2.75, 3.05) is 6.61 Å². The Morgan fingerprint density at radius 3 is 2.62 bits per heavy atom. The molecule has 0 saturated heterocycles. The highest BCUT2D eigenvalue weighted by Gasteiger charge is 2.00. The lowest BCUT2D eigenvalue weighted by Crippen LogP contribution is -1.94. The molecule has 0 aliphatic carbocycles. The van der Waals surface area contributed by atoms with Gasteiger partial charge in [0, 0.05) is 0 Å². The SMILES string of the molecule is CCOc1cc(C=C(C#N)C#N)ccc1C. The summed E-state index contributed by atoms with van der Waals surface area (Å²) in [4.78, 5) is 0. The molecule has 1 aromatic carbocycles. The maximum absolute atomic E-state index is 8.64. The van der Waals surface area contributed by atoms with Gasteiger partial charge in [-0.2, -0.15) is 10.5 Å². The molecule has 0 aliphatic heterocycles. The predicted molar refractivity (Wildman–Crippen MR) is 61.6 cm³/mol. The summed E-state index contributed by atoms with van der Waals surface area (Å²) in [6, 6.07) is 9.24. The minimum atomic E-state index is 0.0892. The Bertz CT molecular complexity index is 474. The van der Waals surface area contributed by atoms with Gasteiger partial charge in [-0.05, 0) is 37.1 Å². The summed E-state index contributed by atoms with van der Waals surface area (Å²) < 4.78 is 5.43. The Kier molecular flexibility index (Phi) is 4.12. The molecular formula is C13H12N2O. The number of ether oxygens (including phenoxy) is 1. The number of nitriles is 2. The maximum Gasteiger partial charge on any atom is 0.130 e. The predicted octanol–water partition coefficient (Wildman–Crippen LogP) is 2.82. The average Bonchev–Trinajstić information content (AvgIpc) is 2.30. The van der Waals surface area contributed by atoms with Crippen LogP contribution in [0, 0.1) is 29.6 Å². The molecule has 0 atom stereocenters. The molecule has 0 saturated carbocycles. The molecule has 0 unspecified atom stereocenters. The summed E-state index contributed by atoms with van der Waals surface area (Å²) in [6.07, 6.45) is 1.54. The summed E-state index contributed by atoms with van der Waals surface area (Å²) in [7, 11) is 0. The lowest BCUT2D eigenvalue weighted by molar-refractivity contribution is 0.338. The van der Waals surface area contributed by atoms with E-state index in [0.717, 1.165) is 16.9 Å². The van der Waals surface area contributed by atoms with Crippen molar-refractivity contribution in [3.63, 3.8) is 0 Å². The number of benzene rings is 1. The topological polar surface area (TPSA) is 56.8 Å². The fourth-order valence-corrected chi connectivity index (χ4v) is 1.27. The van der Waals surface area contributed by atoms with Gasteiger partial charge in [0.15, 0.2) is 0 Å². The first-order valence-electron chi connectivity index (χ1n) is 4.96. The van der Waals surface area contributed by atoms with Gasteiger partial charge in [-0.1, -0.05) is 12.1 Å². The van der Waals surface area contributed by atoms with E-state index < -0.39 is 0 Å². The highest BCUT2D eigenvalue weighted by molar-refractivity contribution is 5.63. The van der Waals surface area contributed by atoms with E-state index in [2.05, 4.69) is 0 Å². The Balaban J connectivity index is 3.10. The van der Waals surface area contributed by atoms with Crippen LogP contribution in [0.1, 0.15) is 18.1 Å². The number of hydrogen-bond donors (Lipinski definition) is 0. The highest BCUT2D eigenvalue weighted by Crippen LogP contribution is 2.21. The summed E-state index contributed by atoms with van der Waals surface area (Å²) in [5, 5.41) is 17.3. The zero-order chi connectivity index (χ0) is 12.0. The quantitative estimate of drug-likeness (QED) is 0.724. The van der Waals surface area contributed by atoms with Gasteiger partial charge < -0.3 is 4.74 Å². The Labute approximate surface area is 95.2 Å². The van der Waals surface area contributed by atoms with Gasteiger partial charge in [-0.15, -0.1) is 0 Å². The molecule has 1 rings (SSSR count). The van der Waals surface area contributed by atoms with Crippen molar-refractivity contribution in [2.24, 2.45) is 0 Å². The molecule has 16 heavy (non-hydrogen) atoms. The van der Waals surface area contributed by atoms with Crippen molar-refractivity contribution in [1.82, 2.24) is 0 Å². The summed E-state index contributed by atoms with van der Waals surface area (Å²) in [5.41, 5.74) is 1.92. The van der Waals surface area contributed by atoms with Crippen molar-refractivity contribution >= 4 is 6.08 Å². The third kappa shape index (κ3) is 2.87. The molecule has 3 nitrogen and oxygen atoms in total. The number of nitrogens with zero attached hydrogens (tertiary/aromatic N) is 2. The first kappa shape index (κ1) is 11.8. The van der Waals surface area contributed by atoms with E-state index >= 15 is 0 Å². The number of hydrogen-bond acceptors (Lipinski definition) is 3. The molecule has 0 aromatic heterocycles. The van der Waals surface area contributed by atoms with Crippen molar-refractivity contribution < 1.29 is 4.74 Å². The third-order valence-corrected chi connectivity index (χ3v) is 2.06. The fraction of sp³-hybridized carbons (Fsp3) is 0.231. The van der Waals surface area contributed by atoms with E-state index in [1.165, 1.54) is 0 Å². The zero-order valence-corrected chi connectivity index (χ0v) is 9.32. The Morgan fingerprint density at radius 2 is 2.06 bits per heavy atom. The largest absolute Gasteiger partial charge is 0.494 e. The van der Waals surface area contributed by atoms with Crippen LogP contribution in [0.25, 0.3) is 6.08 Å². The summed E-state index contributed by atoms with van der Waals surface area (Å²) in [5.74, 6) is 0.784. The molecule has 0 aliphatic rings. The Hall–Kier alpha value is -2.26. The van der Waals surface area contributed by atoms with E-state index in [9.17, 15) is 0 Å². The van der Waals surface area contributed by atoms with Crippen LogP contribution in [0.3, 0.4) is 0 Å². The smallest absolute Gasteiger partial charge is 0.130 e. The second-order valence-electron chi connectivity index (χ2n) is 3.24. The molecule has 1 aromatic rings. The van der Waals surface area contributed by atoms with E-state index in [-0.39, 0.29) is 5.57 Å². The van der Waals surface area contributed by atoms with Crippen molar-refractivity contribution in [2.45, 2.75) is 13.8 Å². The minimum absolute atomic E-state index is 0.0892. The maximum atomic E-state index is 8.64. The fourth-order valence-electron chi connectivity index (χ4n) is 1.27. The molecule has 0 heterocycles. The van der Waals surface area contributed by atoms with E-state index in [0.29, 0.717) is 6.61 Å². The van der Waals surface area contributed by atoms with Crippen molar-refractivity contribution in [3.8, 4) is 17.9 Å². The summed E-state index contributed by atoms with van der Waals surface area (Å²) in [6.45, 7) is 4.46. The second kappa shape index (κ2) is 5.58. The van der Waals surface area contributed by atoms with Crippen LogP contribution in [0.2, 0.25) is 0 Å². The van der Waals surface area contributed by atoms with Gasteiger partial charge >= 0.3 is 0 Å². The molecule has 0 N–H and O–H groups in total. The lowest BCUT2D eigenvalue weighted by Gasteiger charge is -2.07. The van der Waals surface area contributed by atoms with Gasteiger partial charge in [0.25, 0.3) is 0 Å². The minimum Gasteiger partial charge on any atom is -0.494 e.